The van der Waals surface area contributed by atoms with Gasteiger partial charge in [0.25, 0.3) is 0 Å². The van der Waals surface area contributed by atoms with Gasteiger partial charge in [0.2, 0.25) is 11.8 Å². The number of hydrogen-bond acceptors (Lipinski definition) is 4. The van der Waals surface area contributed by atoms with E-state index < -0.39 is 0 Å². The molecule has 0 aliphatic carbocycles. The molecule has 1 aliphatic rings. The minimum atomic E-state index is -0.00381. The van der Waals surface area contributed by atoms with Gasteiger partial charge < -0.3 is 10.2 Å². The molecule has 2 amide bonds. The molecule has 2 aromatic rings. The van der Waals surface area contributed by atoms with Gasteiger partial charge in [-0.2, -0.15) is 0 Å². The number of rotatable bonds is 7. The molecular formula is C22H26BrN3O2S. The largest absolute Gasteiger partial charge is 0.339 e. The van der Waals surface area contributed by atoms with Gasteiger partial charge in [0.15, 0.2) is 0 Å². The summed E-state index contributed by atoms with van der Waals surface area (Å²) in [5.41, 5.74) is 2.03. The third-order valence-electron chi connectivity index (χ3n) is 4.92. The molecule has 0 saturated carbocycles. The molecule has 0 atom stereocenters. The number of nitrogens with zero attached hydrogens (tertiary/aromatic N) is 2. The normalized spacial score (nSPS) is 14.6. The first-order chi connectivity index (χ1) is 14.0. The molecule has 154 valence electrons. The van der Waals surface area contributed by atoms with Crippen molar-refractivity contribution >= 4 is 45.2 Å². The molecule has 0 spiro atoms. The standard InChI is InChI=1S/C22H26BrN3O2S/c1-2-17-6-3-4-9-20(17)24-21(27)15-25-10-12-26(13-11-25)22(28)16-29-19-8-5-7-18(23)14-19/h3-9,14H,2,10-13,15-16H2,1H3,(H,24,27). The Morgan fingerprint density at radius 1 is 1.07 bits per heavy atom. The van der Waals surface area contributed by atoms with Crippen molar-refractivity contribution < 1.29 is 9.59 Å². The van der Waals surface area contributed by atoms with Gasteiger partial charge in [0, 0.05) is 41.2 Å². The average Bonchev–Trinajstić information content (AvgIpc) is 2.73. The van der Waals surface area contributed by atoms with E-state index in [1.54, 1.807) is 11.8 Å². The predicted molar refractivity (Wildman–Crippen MR) is 122 cm³/mol. The van der Waals surface area contributed by atoms with Gasteiger partial charge >= 0.3 is 0 Å². The van der Waals surface area contributed by atoms with Crippen molar-refractivity contribution in [3.05, 3.63) is 58.6 Å². The van der Waals surface area contributed by atoms with Crippen molar-refractivity contribution in [2.75, 3.05) is 43.8 Å². The molecule has 1 fully saturated rings. The summed E-state index contributed by atoms with van der Waals surface area (Å²) in [6, 6.07) is 15.9. The predicted octanol–water partition coefficient (Wildman–Crippen LogP) is 3.89. The summed E-state index contributed by atoms with van der Waals surface area (Å²) in [7, 11) is 0. The van der Waals surface area contributed by atoms with Gasteiger partial charge in [-0.3, -0.25) is 14.5 Å². The molecule has 1 N–H and O–H groups in total. The minimum Gasteiger partial charge on any atom is -0.339 e. The molecule has 1 saturated heterocycles. The van der Waals surface area contributed by atoms with Gasteiger partial charge in [-0.15, -0.1) is 11.8 Å². The lowest BCUT2D eigenvalue weighted by Crippen LogP contribution is -2.50. The maximum Gasteiger partial charge on any atom is 0.238 e. The van der Waals surface area contributed by atoms with E-state index in [9.17, 15) is 9.59 Å². The van der Waals surface area contributed by atoms with E-state index in [4.69, 9.17) is 0 Å². The molecule has 1 aliphatic heterocycles. The second-order valence-electron chi connectivity index (χ2n) is 6.96. The zero-order valence-corrected chi connectivity index (χ0v) is 19.0. The van der Waals surface area contributed by atoms with Crippen LogP contribution in [-0.2, 0) is 16.0 Å². The monoisotopic (exact) mass is 475 g/mol. The third kappa shape index (κ3) is 6.59. The number of carbonyl (C=O) groups excluding carboxylic acids is 2. The van der Waals surface area contributed by atoms with Crippen LogP contribution in [0.3, 0.4) is 0 Å². The van der Waals surface area contributed by atoms with Crippen molar-refractivity contribution in [2.45, 2.75) is 18.2 Å². The van der Waals surface area contributed by atoms with E-state index in [1.807, 2.05) is 53.4 Å². The zero-order chi connectivity index (χ0) is 20.6. The van der Waals surface area contributed by atoms with Crippen LogP contribution in [0.25, 0.3) is 0 Å². The fraction of sp³-hybridized carbons (Fsp3) is 0.364. The molecule has 0 unspecified atom stereocenters. The Kier molecular flexibility index (Phi) is 8.15. The number of thioether (sulfide) groups is 1. The Balaban J connectivity index is 1.41. The van der Waals surface area contributed by atoms with E-state index >= 15 is 0 Å². The SMILES string of the molecule is CCc1ccccc1NC(=O)CN1CCN(C(=O)CSc2cccc(Br)c2)CC1. The summed E-state index contributed by atoms with van der Waals surface area (Å²) in [5.74, 6) is 0.580. The molecule has 7 heteroatoms. The van der Waals surface area contributed by atoms with Crippen molar-refractivity contribution in [1.82, 2.24) is 9.80 Å². The van der Waals surface area contributed by atoms with E-state index in [1.165, 1.54) is 0 Å². The van der Waals surface area contributed by atoms with Crippen LogP contribution < -0.4 is 5.32 Å². The lowest BCUT2D eigenvalue weighted by molar-refractivity contribution is -0.130. The molecule has 1 heterocycles. The number of para-hydroxylation sites is 1. The van der Waals surface area contributed by atoms with Crippen molar-refractivity contribution in [2.24, 2.45) is 0 Å². The van der Waals surface area contributed by atoms with Gasteiger partial charge in [-0.05, 0) is 36.2 Å². The topological polar surface area (TPSA) is 52.7 Å². The van der Waals surface area contributed by atoms with E-state index in [-0.39, 0.29) is 11.8 Å². The highest BCUT2D eigenvalue weighted by atomic mass is 79.9. The smallest absolute Gasteiger partial charge is 0.238 e. The average molecular weight is 476 g/mol. The van der Waals surface area contributed by atoms with Crippen LogP contribution in [0.1, 0.15) is 12.5 Å². The molecule has 2 aromatic carbocycles. The fourth-order valence-electron chi connectivity index (χ4n) is 3.29. The molecule has 0 bridgehead atoms. The summed E-state index contributed by atoms with van der Waals surface area (Å²) < 4.78 is 1.02. The molecule has 3 rings (SSSR count). The molecule has 0 radical (unpaired) electrons. The number of carbonyl (C=O) groups is 2. The highest BCUT2D eigenvalue weighted by molar-refractivity contribution is 9.10. The van der Waals surface area contributed by atoms with E-state index in [0.717, 1.165) is 40.1 Å². The van der Waals surface area contributed by atoms with Crippen molar-refractivity contribution in [1.29, 1.82) is 0 Å². The summed E-state index contributed by atoms with van der Waals surface area (Å²) in [6.07, 6.45) is 0.884. The number of hydrogen-bond donors (Lipinski definition) is 1. The van der Waals surface area contributed by atoms with Crippen LogP contribution in [0, 0.1) is 0 Å². The van der Waals surface area contributed by atoms with Crippen LogP contribution in [0.2, 0.25) is 0 Å². The van der Waals surface area contributed by atoms with Crippen molar-refractivity contribution in [3.8, 4) is 0 Å². The van der Waals surface area contributed by atoms with Gasteiger partial charge in [0.05, 0.1) is 12.3 Å². The highest BCUT2D eigenvalue weighted by Crippen LogP contribution is 2.22. The Bertz CT molecular complexity index is 853. The number of amides is 2. The molecule has 0 aromatic heterocycles. The van der Waals surface area contributed by atoms with Crippen LogP contribution in [-0.4, -0.2) is 60.1 Å². The Hall–Kier alpha value is -1.83. The summed E-state index contributed by atoms with van der Waals surface area (Å²) in [6.45, 7) is 5.20. The first-order valence-corrected chi connectivity index (χ1v) is 11.6. The Morgan fingerprint density at radius 3 is 2.55 bits per heavy atom. The highest BCUT2D eigenvalue weighted by Gasteiger charge is 2.22. The number of piperazine rings is 1. The first-order valence-electron chi connectivity index (χ1n) is 9.81. The lowest BCUT2D eigenvalue weighted by Gasteiger charge is -2.34. The maximum atomic E-state index is 12.5. The number of benzene rings is 2. The summed E-state index contributed by atoms with van der Waals surface area (Å²) in [4.78, 5) is 30.0. The van der Waals surface area contributed by atoms with Crippen LogP contribution in [0.5, 0.6) is 0 Å². The van der Waals surface area contributed by atoms with E-state index in [2.05, 4.69) is 33.1 Å². The molecule has 29 heavy (non-hydrogen) atoms. The van der Waals surface area contributed by atoms with Crippen LogP contribution in [0.4, 0.5) is 5.69 Å². The maximum absolute atomic E-state index is 12.5. The van der Waals surface area contributed by atoms with Gasteiger partial charge in [0.1, 0.15) is 0 Å². The number of halogens is 1. The number of anilines is 1. The fourth-order valence-corrected chi connectivity index (χ4v) is 4.70. The van der Waals surface area contributed by atoms with Gasteiger partial charge in [-0.1, -0.05) is 47.1 Å². The first kappa shape index (κ1) is 21.9. The van der Waals surface area contributed by atoms with E-state index in [0.29, 0.717) is 25.4 Å². The Labute approximate surface area is 185 Å². The summed E-state index contributed by atoms with van der Waals surface area (Å²) >= 11 is 5.01. The van der Waals surface area contributed by atoms with Crippen LogP contribution in [0.15, 0.2) is 57.9 Å². The second kappa shape index (κ2) is 10.8. The van der Waals surface area contributed by atoms with Gasteiger partial charge in [-0.25, -0.2) is 0 Å². The number of aryl methyl sites for hydroxylation is 1. The molecular weight excluding hydrogens is 450 g/mol. The lowest BCUT2D eigenvalue weighted by atomic mass is 10.1. The Morgan fingerprint density at radius 2 is 1.83 bits per heavy atom. The third-order valence-corrected chi connectivity index (χ3v) is 6.39. The number of nitrogens with one attached hydrogen (secondary N) is 1. The summed E-state index contributed by atoms with van der Waals surface area (Å²) in [5, 5.41) is 3.02. The minimum absolute atomic E-state index is 0.00381. The molecule has 5 nitrogen and oxygen atoms in total. The van der Waals surface area contributed by atoms with Crippen LogP contribution >= 0.6 is 27.7 Å². The second-order valence-corrected chi connectivity index (χ2v) is 8.93. The quantitative estimate of drug-likeness (QED) is 0.617. The zero-order valence-electron chi connectivity index (χ0n) is 16.6. The van der Waals surface area contributed by atoms with Crippen molar-refractivity contribution in [3.63, 3.8) is 0 Å².